The smallest absolute Gasteiger partial charge is 0.356 e. The Morgan fingerprint density at radius 3 is 2.42 bits per heavy atom. The number of aromatic nitrogens is 1. The number of aryl methyl sites for hydroxylation is 1. The van der Waals surface area contributed by atoms with E-state index in [9.17, 15) is 9.59 Å². The van der Waals surface area contributed by atoms with Crippen molar-refractivity contribution in [3.63, 3.8) is 0 Å². The molecule has 1 saturated heterocycles. The second-order valence-electron chi connectivity index (χ2n) is 5.64. The Morgan fingerprint density at radius 1 is 1.08 bits per heavy atom. The van der Waals surface area contributed by atoms with Crippen molar-refractivity contribution < 1.29 is 19.1 Å². The van der Waals surface area contributed by atoms with Crippen molar-refractivity contribution in [2.75, 3.05) is 26.3 Å². The topological polar surface area (TPSA) is 60.8 Å². The number of nitrogens with zero attached hydrogens (tertiary/aromatic N) is 2. The van der Waals surface area contributed by atoms with Gasteiger partial charge in [0.05, 0.1) is 13.2 Å². The lowest BCUT2D eigenvalue weighted by Gasteiger charge is -2.30. The number of morpholine rings is 1. The van der Waals surface area contributed by atoms with Gasteiger partial charge in [-0.15, -0.1) is 0 Å². The standard InChI is InChI=1S/C18H20N2O4/c1-19-9-5-8-15(19)18(22)24-16(14-6-3-2-4-7-14)17(21)20-10-12-23-13-11-20/h2-9,16H,10-13H2,1H3/t16-/m1/s1. The molecule has 0 N–H and O–H groups in total. The molecule has 2 aromatic rings. The molecule has 1 amide bonds. The maximum absolute atomic E-state index is 12.9. The summed E-state index contributed by atoms with van der Waals surface area (Å²) >= 11 is 0. The molecule has 2 heterocycles. The second-order valence-corrected chi connectivity index (χ2v) is 5.64. The average Bonchev–Trinajstić information content (AvgIpc) is 3.06. The fraction of sp³-hybridized carbons (Fsp3) is 0.333. The third-order valence-electron chi connectivity index (χ3n) is 4.03. The highest BCUT2D eigenvalue weighted by atomic mass is 16.5. The Labute approximate surface area is 140 Å². The fourth-order valence-corrected chi connectivity index (χ4v) is 2.68. The van der Waals surface area contributed by atoms with Gasteiger partial charge in [-0.2, -0.15) is 0 Å². The molecule has 1 atom stereocenters. The van der Waals surface area contributed by atoms with Crippen LogP contribution in [0.2, 0.25) is 0 Å². The van der Waals surface area contributed by atoms with Gasteiger partial charge in [-0.05, 0) is 12.1 Å². The van der Waals surface area contributed by atoms with E-state index < -0.39 is 12.1 Å². The molecule has 1 aromatic heterocycles. The number of carbonyl (C=O) groups excluding carboxylic acids is 2. The molecule has 0 spiro atoms. The van der Waals surface area contributed by atoms with Crippen LogP contribution in [0.4, 0.5) is 0 Å². The summed E-state index contributed by atoms with van der Waals surface area (Å²) < 4.78 is 12.5. The van der Waals surface area contributed by atoms with Crippen LogP contribution in [0.5, 0.6) is 0 Å². The van der Waals surface area contributed by atoms with E-state index in [1.807, 2.05) is 18.2 Å². The minimum Gasteiger partial charge on any atom is -0.443 e. The van der Waals surface area contributed by atoms with Crippen LogP contribution in [0.25, 0.3) is 0 Å². The Morgan fingerprint density at radius 2 is 1.79 bits per heavy atom. The highest BCUT2D eigenvalue weighted by Gasteiger charge is 2.31. The van der Waals surface area contributed by atoms with Crippen molar-refractivity contribution in [1.29, 1.82) is 0 Å². The highest BCUT2D eigenvalue weighted by molar-refractivity contribution is 5.91. The van der Waals surface area contributed by atoms with Crippen LogP contribution >= 0.6 is 0 Å². The number of ether oxygens (including phenoxy) is 2. The van der Waals surface area contributed by atoms with Crippen LogP contribution in [0.3, 0.4) is 0 Å². The Kier molecular flexibility index (Phi) is 4.96. The maximum Gasteiger partial charge on any atom is 0.356 e. The van der Waals surface area contributed by atoms with E-state index in [0.717, 1.165) is 0 Å². The van der Waals surface area contributed by atoms with Crippen molar-refractivity contribution >= 4 is 11.9 Å². The normalized spacial score (nSPS) is 15.8. The zero-order valence-electron chi connectivity index (χ0n) is 13.6. The zero-order valence-corrected chi connectivity index (χ0v) is 13.6. The number of esters is 1. The van der Waals surface area contributed by atoms with Crippen molar-refractivity contribution in [2.24, 2.45) is 7.05 Å². The van der Waals surface area contributed by atoms with Gasteiger partial charge in [0.1, 0.15) is 5.69 Å². The van der Waals surface area contributed by atoms with Crippen molar-refractivity contribution in [1.82, 2.24) is 9.47 Å². The van der Waals surface area contributed by atoms with E-state index in [2.05, 4.69) is 0 Å². The summed E-state index contributed by atoms with van der Waals surface area (Å²) in [6.45, 7) is 2.01. The van der Waals surface area contributed by atoms with Crippen LogP contribution in [0, 0.1) is 0 Å². The van der Waals surface area contributed by atoms with E-state index in [1.54, 1.807) is 47.0 Å². The van der Waals surface area contributed by atoms with Gasteiger partial charge in [-0.3, -0.25) is 4.79 Å². The van der Waals surface area contributed by atoms with Gasteiger partial charge in [0.25, 0.3) is 5.91 Å². The lowest BCUT2D eigenvalue weighted by molar-refractivity contribution is -0.145. The first kappa shape index (κ1) is 16.3. The summed E-state index contributed by atoms with van der Waals surface area (Å²) in [6.07, 6.45) is 0.810. The van der Waals surface area contributed by atoms with E-state index in [4.69, 9.17) is 9.47 Å². The third-order valence-corrected chi connectivity index (χ3v) is 4.03. The third kappa shape index (κ3) is 3.49. The lowest BCUT2D eigenvalue weighted by atomic mass is 10.1. The molecule has 0 radical (unpaired) electrons. The molecule has 0 saturated carbocycles. The molecule has 0 bridgehead atoms. The number of hydrogen-bond donors (Lipinski definition) is 0. The molecule has 0 unspecified atom stereocenters. The van der Waals surface area contributed by atoms with E-state index in [0.29, 0.717) is 37.6 Å². The number of benzene rings is 1. The molecule has 0 aliphatic carbocycles. The molecule has 3 rings (SSSR count). The quantitative estimate of drug-likeness (QED) is 0.803. The Bertz CT molecular complexity index is 705. The Hall–Kier alpha value is -2.60. The summed E-state index contributed by atoms with van der Waals surface area (Å²) in [4.78, 5) is 27.0. The zero-order chi connectivity index (χ0) is 16.9. The molecule has 1 aliphatic heterocycles. The Balaban J connectivity index is 1.83. The molecule has 1 aliphatic rings. The molecule has 126 valence electrons. The SMILES string of the molecule is Cn1cccc1C(=O)O[C@@H](C(=O)N1CCOCC1)c1ccccc1. The number of rotatable bonds is 4. The monoisotopic (exact) mass is 328 g/mol. The van der Waals surface area contributed by atoms with Gasteiger partial charge in [-0.25, -0.2) is 4.79 Å². The summed E-state index contributed by atoms with van der Waals surface area (Å²) in [5.41, 5.74) is 1.07. The molecule has 1 fully saturated rings. The van der Waals surface area contributed by atoms with Gasteiger partial charge in [-0.1, -0.05) is 30.3 Å². The summed E-state index contributed by atoms with van der Waals surface area (Å²) in [6, 6.07) is 12.5. The van der Waals surface area contributed by atoms with E-state index in [-0.39, 0.29) is 5.91 Å². The van der Waals surface area contributed by atoms with Crippen LogP contribution < -0.4 is 0 Å². The summed E-state index contributed by atoms with van der Waals surface area (Å²) in [5.74, 6) is -0.731. The van der Waals surface area contributed by atoms with Crippen LogP contribution in [-0.2, 0) is 21.3 Å². The molecular formula is C18H20N2O4. The first-order valence-corrected chi connectivity index (χ1v) is 7.90. The molecule has 24 heavy (non-hydrogen) atoms. The predicted octanol–water partition coefficient (Wildman–Crippen LogP) is 1.78. The second kappa shape index (κ2) is 7.31. The van der Waals surface area contributed by atoms with Gasteiger partial charge in [0.15, 0.2) is 0 Å². The van der Waals surface area contributed by atoms with Crippen LogP contribution in [0.15, 0.2) is 48.7 Å². The maximum atomic E-state index is 12.9. The van der Waals surface area contributed by atoms with E-state index >= 15 is 0 Å². The minimum atomic E-state index is -0.952. The molecule has 6 nitrogen and oxygen atoms in total. The highest BCUT2D eigenvalue weighted by Crippen LogP contribution is 2.22. The first-order chi connectivity index (χ1) is 11.7. The summed E-state index contributed by atoms with van der Waals surface area (Å²) in [5, 5.41) is 0. The van der Waals surface area contributed by atoms with Gasteiger partial charge in [0.2, 0.25) is 6.10 Å². The van der Waals surface area contributed by atoms with Crippen molar-refractivity contribution in [3.8, 4) is 0 Å². The lowest BCUT2D eigenvalue weighted by Crippen LogP contribution is -2.44. The van der Waals surface area contributed by atoms with Gasteiger partial charge in [0, 0.05) is 31.9 Å². The average molecular weight is 328 g/mol. The van der Waals surface area contributed by atoms with Crippen LogP contribution in [-0.4, -0.2) is 47.6 Å². The van der Waals surface area contributed by atoms with Crippen molar-refractivity contribution in [3.05, 3.63) is 59.9 Å². The van der Waals surface area contributed by atoms with Gasteiger partial charge >= 0.3 is 5.97 Å². The van der Waals surface area contributed by atoms with Crippen LogP contribution in [0.1, 0.15) is 22.2 Å². The fourth-order valence-electron chi connectivity index (χ4n) is 2.68. The minimum absolute atomic E-state index is 0.216. The number of hydrogen-bond acceptors (Lipinski definition) is 4. The van der Waals surface area contributed by atoms with Gasteiger partial charge < -0.3 is 18.9 Å². The molecular weight excluding hydrogens is 308 g/mol. The molecule has 1 aromatic carbocycles. The van der Waals surface area contributed by atoms with Crippen molar-refractivity contribution in [2.45, 2.75) is 6.10 Å². The molecule has 6 heteroatoms. The largest absolute Gasteiger partial charge is 0.443 e. The predicted molar refractivity (Wildman–Crippen MR) is 87.4 cm³/mol. The first-order valence-electron chi connectivity index (χ1n) is 7.90. The number of amides is 1. The van der Waals surface area contributed by atoms with E-state index in [1.165, 1.54) is 0 Å². The number of carbonyl (C=O) groups is 2. The summed E-state index contributed by atoms with van der Waals surface area (Å²) in [7, 11) is 1.76.